The Morgan fingerprint density at radius 1 is 1.15 bits per heavy atom. The van der Waals surface area contributed by atoms with Gasteiger partial charge in [0.2, 0.25) is 0 Å². The van der Waals surface area contributed by atoms with Gasteiger partial charge in [-0.1, -0.05) is 47.6 Å². The van der Waals surface area contributed by atoms with Crippen molar-refractivity contribution in [2.24, 2.45) is 0 Å². The van der Waals surface area contributed by atoms with E-state index in [1.165, 1.54) is 0 Å². The molecule has 1 atom stereocenters. The number of amides is 1. The molecule has 1 unspecified atom stereocenters. The van der Waals surface area contributed by atoms with Crippen molar-refractivity contribution >= 4 is 16.9 Å². The van der Waals surface area contributed by atoms with E-state index < -0.39 is 0 Å². The van der Waals surface area contributed by atoms with Crippen molar-refractivity contribution in [2.75, 3.05) is 0 Å². The summed E-state index contributed by atoms with van der Waals surface area (Å²) in [5.74, 6) is 1.09. The van der Waals surface area contributed by atoms with Crippen molar-refractivity contribution in [2.45, 2.75) is 26.4 Å². The summed E-state index contributed by atoms with van der Waals surface area (Å²) in [6, 6.07) is 18.9. The number of hydrogen-bond donors (Lipinski definition) is 1. The van der Waals surface area contributed by atoms with E-state index in [0.29, 0.717) is 5.76 Å². The van der Waals surface area contributed by atoms with E-state index in [2.05, 4.69) is 26.9 Å². The first-order valence-electron chi connectivity index (χ1n) is 8.95. The number of carbonyl (C=O) groups is 1. The molecule has 2 aromatic heterocycles. The molecule has 2 aromatic carbocycles. The molecule has 0 saturated heterocycles. The number of nitrogens with zero attached hydrogens (tertiary/aromatic N) is 3. The van der Waals surface area contributed by atoms with Gasteiger partial charge in [-0.25, -0.2) is 4.98 Å². The van der Waals surface area contributed by atoms with Crippen molar-refractivity contribution in [3.05, 3.63) is 72.2 Å². The van der Waals surface area contributed by atoms with Gasteiger partial charge in [0.05, 0.1) is 17.1 Å². The summed E-state index contributed by atoms with van der Waals surface area (Å²) in [5, 5.41) is 6.88. The Labute approximate surface area is 156 Å². The van der Waals surface area contributed by atoms with Gasteiger partial charge in [0.25, 0.3) is 5.91 Å². The van der Waals surface area contributed by atoms with E-state index in [1.807, 2.05) is 61.5 Å². The molecule has 4 aromatic rings. The molecular formula is C21H20N4O2. The first kappa shape index (κ1) is 17.0. The fourth-order valence-corrected chi connectivity index (χ4v) is 3.21. The number of aromatic nitrogens is 3. The summed E-state index contributed by atoms with van der Waals surface area (Å²) in [4.78, 5) is 17.3. The number of aryl methyl sites for hydroxylation is 1. The van der Waals surface area contributed by atoms with Crippen LogP contribution >= 0.6 is 0 Å². The Morgan fingerprint density at radius 2 is 1.89 bits per heavy atom. The van der Waals surface area contributed by atoms with E-state index in [-0.39, 0.29) is 17.6 Å². The molecule has 1 amide bonds. The summed E-state index contributed by atoms with van der Waals surface area (Å²) in [6.45, 7) is 4.76. The molecule has 136 valence electrons. The van der Waals surface area contributed by atoms with Crippen molar-refractivity contribution in [1.82, 2.24) is 20.0 Å². The van der Waals surface area contributed by atoms with Crippen LogP contribution < -0.4 is 5.32 Å². The van der Waals surface area contributed by atoms with Gasteiger partial charge >= 0.3 is 0 Å². The quantitative estimate of drug-likeness (QED) is 0.579. The fraction of sp³-hybridized carbons (Fsp3) is 0.190. The van der Waals surface area contributed by atoms with E-state index >= 15 is 0 Å². The van der Waals surface area contributed by atoms with Crippen molar-refractivity contribution in [3.63, 3.8) is 0 Å². The largest absolute Gasteiger partial charge is 0.355 e. The summed E-state index contributed by atoms with van der Waals surface area (Å²) >= 11 is 0. The number of rotatable bonds is 5. The van der Waals surface area contributed by atoms with Gasteiger partial charge in [-0.05, 0) is 26.0 Å². The average Bonchev–Trinajstić information content (AvgIpc) is 3.33. The highest BCUT2D eigenvalue weighted by atomic mass is 16.5. The van der Waals surface area contributed by atoms with Gasteiger partial charge in [0.15, 0.2) is 11.5 Å². The number of benzene rings is 2. The third-order valence-electron chi connectivity index (χ3n) is 4.54. The van der Waals surface area contributed by atoms with Crippen molar-refractivity contribution in [1.29, 1.82) is 0 Å². The molecule has 6 heteroatoms. The molecule has 27 heavy (non-hydrogen) atoms. The Hall–Kier alpha value is -3.41. The minimum absolute atomic E-state index is 0.250. The molecule has 0 aliphatic rings. The lowest BCUT2D eigenvalue weighted by molar-refractivity contribution is 0.0928. The Bertz CT molecular complexity index is 1080. The Balaban J connectivity index is 1.56. The molecule has 2 heterocycles. The van der Waals surface area contributed by atoms with Gasteiger partial charge in [-0.15, -0.1) is 0 Å². The summed E-state index contributed by atoms with van der Waals surface area (Å²) in [7, 11) is 0. The van der Waals surface area contributed by atoms with Crippen molar-refractivity contribution in [3.8, 4) is 11.3 Å². The second kappa shape index (κ2) is 7.07. The Kier molecular flexibility index (Phi) is 4.46. The normalized spacial score (nSPS) is 12.2. The van der Waals surface area contributed by atoms with Gasteiger partial charge in [0.1, 0.15) is 5.82 Å². The van der Waals surface area contributed by atoms with E-state index in [4.69, 9.17) is 4.52 Å². The van der Waals surface area contributed by atoms with E-state index in [1.54, 1.807) is 6.07 Å². The predicted molar refractivity (Wildman–Crippen MR) is 103 cm³/mol. The summed E-state index contributed by atoms with van der Waals surface area (Å²) < 4.78 is 7.43. The summed E-state index contributed by atoms with van der Waals surface area (Å²) in [5.41, 5.74) is 3.11. The maximum Gasteiger partial charge on any atom is 0.274 e. The number of nitrogens with one attached hydrogen (secondary N) is 1. The molecule has 0 saturated carbocycles. The molecule has 4 rings (SSSR count). The van der Waals surface area contributed by atoms with Crippen LogP contribution in [0.4, 0.5) is 0 Å². The van der Waals surface area contributed by atoms with Gasteiger partial charge in [-0.2, -0.15) is 0 Å². The van der Waals surface area contributed by atoms with Gasteiger partial charge < -0.3 is 14.4 Å². The predicted octanol–water partition coefficient (Wildman–Crippen LogP) is 4.20. The highest BCUT2D eigenvalue weighted by Gasteiger charge is 2.20. The van der Waals surface area contributed by atoms with Crippen LogP contribution in [0.2, 0.25) is 0 Å². The zero-order valence-corrected chi connectivity index (χ0v) is 15.2. The third kappa shape index (κ3) is 3.21. The molecule has 1 N–H and O–H groups in total. The first-order valence-corrected chi connectivity index (χ1v) is 8.95. The molecular weight excluding hydrogens is 340 g/mol. The topological polar surface area (TPSA) is 73.0 Å². The standard InChI is InChI=1S/C21H20N4O2/c1-3-25-18-12-8-7-11-16(18)23-20(25)14(2)22-21(26)17-13-19(27-24-17)15-9-5-4-6-10-15/h4-14H,3H2,1-2H3,(H,22,26). The van der Waals surface area contributed by atoms with E-state index in [9.17, 15) is 4.79 Å². The lowest BCUT2D eigenvalue weighted by Crippen LogP contribution is -2.28. The molecule has 0 aliphatic carbocycles. The van der Waals surface area contributed by atoms with Gasteiger partial charge in [-0.3, -0.25) is 4.79 Å². The fourth-order valence-electron chi connectivity index (χ4n) is 3.21. The van der Waals surface area contributed by atoms with Crippen LogP contribution in [0.1, 0.15) is 36.2 Å². The second-order valence-corrected chi connectivity index (χ2v) is 6.34. The third-order valence-corrected chi connectivity index (χ3v) is 4.54. The number of carbonyl (C=O) groups excluding carboxylic acids is 1. The van der Waals surface area contributed by atoms with Crippen LogP contribution in [0.3, 0.4) is 0 Å². The van der Waals surface area contributed by atoms with Crippen LogP contribution in [0, 0.1) is 0 Å². The minimum atomic E-state index is -0.289. The minimum Gasteiger partial charge on any atom is -0.355 e. The highest BCUT2D eigenvalue weighted by Crippen LogP contribution is 2.22. The maximum absolute atomic E-state index is 12.6. The average molecular weight is 360 g/mol. The van der Waals surface area contributed by atoms with Gasteiger partial charge in [0, 0.05) is 18.2 Å². The lowest BCUT2D eigenvalue weighted by atomic mass is 10.1. The molecule has 0 spiro atoms. The second-order valence-electron chi connectivity index (χ2n) is 6.34. The number of hydrogen-bond acceptors (Lipinski definition) is 4. The first-order chi connectivity index (χ1) is 13.2. The molecule has 0 aliphatic heterocycles. The zero-order chi connectivity index (χ0) is 18.8. The maximum atomic E-state index is 12.6. The summed E-state index contributed by atoms with van der Waals surface area (Å²) in [6.07, 6.45) is 0. The molecule has 0 radical (unpaired) electrons. The van der Waals surface area contributed by atoms with Crippen molar-refractivity contribution < 1.29 is 9.32 Å². The van der Waals surface area contributed by atoms with Crippen LogP contribution in [0.15, 0.2) is 65.2 Å². The zero-order valence-electron chi connectivity index (χ0n) is 15.2. The number of fused-ring (bicyclic) bond motifs is 1. The molecule has 6 nitrogen and oxygen atoms in total. The lowest BCUT2D eigenvalue weighted by Gasteiger charge is -2.14. The SMILES string of the molecule is CCn1c(C(C)NC(=O)c2cc(-c3ccccc3)on2)nc2ccccc21. The van der Waals surface area contributed by atoms with Crippen LogP contribution in [0.25, 0.3) is 22.4 Å². The highest BCUT2D eigenvalue weighted by molar-refractivity contribution is 5.93. The van der Waals surface area contributed by atoms with Crippen LogP contribution in [-0.2, 0) is 6.54 Å². The number of para-hydroxylation sites is 2. The van der Waals surface area contributed by atoms with Crippen LogP contribution in [-0.4, -0.2) is 20.6 Å². The Morgan fingerprint density at radius 3 is 2.67 bits per heavy atom. The number of imidazole rings is 1. The molecule has 0 fully saturated rings. The smallest absolute Gasteiger partial charge is 0.274 e. The monoisotopic (exact) mass is 360 g/mol. The van der Waals surface area contributed by atoms with Crippen LogP contribution in [0.5, 0.6) is 0 Å². The van der Waals surface area contributed by atoms with E-state index in [0.717, 1.165) is 29.0 Å². The molecule has 0 bridgehead atoms.